The first-order valence-electron chi connectivity index (χ1n) is 7.97. The van der Waals surface area contributed by atoms with E-state index in [1.165, 1.54) is 10.9 Å². The van der Waals surface area contributed by atoms with Crippen LogP contribution in [0.1, 0.15) is 19.8 Å². The number of hydrogen-bond acceptors (Lipinski definition) is 5. The molecule has 0 atom stereocenters. The number of carbonyl (C=O) groups is 1. The molecule has 0 saturated carbocycles. The highest BCUT2D eigenvalue weighted by atomic mass is 35.5. The molecule has 1 amide bonds. The standard InChI is InChI=1S/C17H17ClN4O3/c1-2-3-8-19-13(23)9-22-10-20-16-14(17(22)24)15(21-25-16)11-4-6-12(18)7-5-11/h4-7,10H,2-3,8-9H2,1H3,(H,19,23). The third kappa shape index (κ3) is 3.71. The molecule has 3 rings (SSSR count). The minimum absolute atomic E-state index is 0.100. The van der Waals surface area contributed by atoms with Crippen LogP contribution in [-0.2, 0) is 11.3 Å². The second-order valence-corrected chi connectivity index (χ2v) is 6.04. The molecule has 2 heterocycles. The van der Waals surface area contributed by atoms with Gasteiger partial charge in [-0.15, -0.1) is 0 Å². The quantitative estimate of drug-likeness (QED) is 0.682. The van der Waals surface area contributed by atoms with Gasteiger partial charge in [0.15, 0.2) is 0 Å². The number of hydrogen-bond donors (Lipinski definition) is 1. The molecule has 1 aromatic carbocycles. The van der Waals surface area contributed by atoms with Gasteiger partial charge in [-0.1, -0.05) is 42.2 Å². The highest BCUT2D eigenvalue weighted by Gasteiger charge is 2.17. The number of amides is 1. The van der Waals surface area contributed by atoms with E-state index in [0.29, 0.717) is 22.8 Å². The molecule has 0 aliphatic carbocycles. The summed E-state index contributed by atoms with van der Waals surface area (Å²) in [5.41, 5.74) is 0.830. The molecule has 25 heavy (non-hydrogen) atoms. The second-order valence-electron chi connectivity index (χ2n) is 5.60. The van der Waals surface area contributed by atoms with E-state index in [9.17, 15) is 9.59 Å². The molecule has 7 nitrogen and oxygen atoms in total. The topological polar surface area (TPSA) is 90.0 Å². The van der Waals surface area contributed by atoms with E-state index < -0.39 is 0 Å². The van der Waals surface area contributed by atoms with E-state index in [2.05, 4.69) is 15.5 Å². The Balaban J connectivity index is 1.93. The lowest BCUT2D eigenvalue weighted by Crippen LogP contribution is -2.32. The summed E-state index contributed by atoms with van der Waals surface area (Å²) in [4.78, 5) is 28.8. The Labute approximate surface area is 148 Å². The van der Waals surface area contributed by atoms with Crippen molar-refractivity contribution in [2.45, 2.75) is 26.3 Å². The molecule has 8 heteroatoms. The van der Waals surface area contributed by atoms with Crippen molar-refractivity contribution >= 4 is 28.6 Å². The Morgan fingerprint density at radius 1 is 1.32 bits per heavy atom. The highest BCUT2D eigenvalue weighted by Crippen LogP contribution is 2.25. The Bertz CT molecular complexity index is 947. The molecule has 0 saturated heterocycles. The van der Waals surface area contributed by atoms with Crippen molar-refractivity contribution in [3.05, 3.63) is 46.0 Å². The van der Waals surface area contributed by atoms with Crippen molar-refractivity contribution in [3.63, 3.8) is 0 Å². The number of rotatable bonds is 6. The van der Waals surface area contributed by atoms with E-state index in [0.717, 1.165) is 12.8 Å². The average molecular weight is 361 g/mol. The van der Waals surface area contributed by atoms with Crippen LogP contribution in [0, 0.1) is 0 Å². The minimum Gasteiger partial charge on any atom is -0.355 e. The van der Waals surface area contributed by atoms with Crippen molar-refractivity contribution in [1.29, 1.82) is 0 Å². The number of carbonyl (C=O) groups excluding carboxylic acids is 1. The largest absolute Gasteiger partial charge is 0.355 e. The van der Waals surface area contributed by atoms with E-state index in [4.69, 9.17) is 16.1 Å². The van der Waals surface area contributed by atoms with Crippen LogP contribution < -0.4 is 10.9 Å². The summed E-state index contributed by atoms with van der Waals surface area (Å²) >= 11 is 5.89. The van der Waals surface area contributed by atoms with E-state index in [-0.39, 0.29) is 29.1 Å². The first kappa shape index (κ1) is 17.2. The van der Waals surface area contributed by atoms with Gasteiger partial charge in [-0.05, 0) is 18.6 Å². The van der Waals surface area contributed by atoms with Gasteiger partial charge in [-0.3, -0.25) is 14.2 Å². The number of benzene rings is 1. The summed E-state index contributed by atoms with van der Waals surface area (Å²) in [6.07, 6.45) is 3.17. The molecule has 0 fully saturated rings. The van der Waals surface area contributed by atoms with Gasteiger partial charge in [0.2, 0.25) is 5.91 Å². The van der Waals surface area contributed by atoms with Gasteiger partial charge in [-0.2, -0.15) is 0 Å². The van der Waals surface area contributed by atoms with Crippen LogP contribution in [0.3, 0.4) is 0 Å². The van der Waals surface area contributed by atoms with Gasteiger partial charge < -0.3 is 9.84 Å². The number of fused-ring (bicyclic) bond motifs is 1. The maximum atomic E-state index is 12.7. The van der Waals surface area contributed by atoms with E-state index >= 15 is 0 Å². The molecule has 2 aromatic heterocycles. The molecule has 0 unspecified atom stereocenters. The van der Waals surface area contributed by atoms with Crippen molar-refractivity contribution in [2.75, 3.05) is 6.54 Å². The maximum Gasteiger partial charge on any atom is 0.267 e. The molecule has 3 aromatic rings. The predicted octanol–water partition coefficient (Wildman–Crippen LogP) is 2.62. The number of unbranched alkanes of at least 4 members (excludes halogenated alkanes) is 1. The maximum absolute atomic E-state index is 12.7. The molecule has 1 N–H and O–H groups in total. The molecule has 0 aliphatic rings. The monoisotopic (exact) mass is 360 g/mol. The van der Waals surface area contributed by atoms with Gasteiger partial charge in [0, 0.05) is 17.1 Å². The average Bonchev–Trinajstić information content (AvgIpc) is 3.03. The summed E-state index contributed by atoms with van der Waals surface area (Å²) in [6.45, 7) is 2.53. The summed E-state index contributed by atoms with van der Waals surface area (Å²) in [5, 5.41) is 7.54. The molecule has 0 bridgehead atoms. The van der Waals surface area contributed by atoms with Crippen molar-refractivity contribution in [3.8, 4) is 11.3 Å². The van der Waals surface area contributed by atoms with Crippen LogP contribution in [0.4, 0.5) is 0 Å². The van der Waals surface area contributed by atoms with E-state index in [1.54, 1.807) is 24.3 Å². The molecular weight excluding hydrogens is 344 g/mol. The fourth-order valence-corrected chi connectivity index (χ4v) is 2.54. The number of nitrogens with one attached hydrogen (secondary N) is 1. The van der Waals surface area contributed by atoms with Crippen molar-refractivity contribution in [2.24, 2.45) is 0 Å². The summed E-state index contributed by atoms with van der Waals surface area (Å²) < 4.78 is 6.40. The Morgan fingerprint density at radius 3 is 2.80 bits per heavy atom. The Kier molecular flexibility index (Phi) is 5.14. The zero-order chi connectivity index (χ0) is 17.8. The molecular formula is C17H17ClN4O3. The predicted molar refractivity (Wildman–Crippen MR) is 94.4 cm³/mol. The Morgan fingerprint density at radius 2 is 2.08 bits per heavy atom. The fourth-order valence-electron chi connectivity index (χ4n) is 2.41. The lowest BCUT2D eigenvalue weighted by molar-refractivity contribution is -0.121. The SMILES string of the molecule is CCCCNC(=O)Cn1cnc2onc(-c3ccc(Cl)cc3)c2c1=O. The van der Waals surface area contributed by atoms with Crippen molar-refractivity contribution < 1.29 is 9.32 Å². The smallest absolute Gasteiger partial charge is 0.267 e. The lowest BCUT2D eigenvalue weighted by Gasteiger charge is -2.06. The number of nitrogens with zero attached hydrogens (tertiary/aromatic N) is 3. The lowest BCUT2D eigenvalue weighted by atomic mass is 10.1. The zero-order valence-corrected chi connectivity index (χ0v) is 14.4. The molecule has 130 valence electrons. The van der Waals surface area contributed by atoms with E-state index in [1.807, 2.05) is 6.92 Å². The Hall–Kier alpha value is -2.67. The first-order valence-corrected chi connectivity index (χ1v) is 8.35. The van der Waals surface area contributed by atoms with Crippen LogP contribution in [-0.4, -0.2) is 27.2 Å². The summed E-state index contributed by atoms with van der Waals surface area (Å²) in [6, 6.07) is 6.89. The number of halogens is 1. The summed E-state index contributed by atoms with van der Waals surface area (Å²) in [7, 11) is 0. The van der Waals surface area contributed by atoms with Gasteiger partial charge in [0.05, 0.1) is 0 Å². The molecule has 0 aliphatic heterocycles. The van der Waals surface area contributed by atoms with Gasteiger partial charge in [0.1, 0.15) is 24.0 Å². The summed E-state index contributed by atoms with van der Waals surface area (Å²) in [5.74, 6) is -0.235. The zero-order valence-electron chi connectivity index (χ0n) is 13.7. The van der Waals surface area contributed by atoms with Gasteiger partial charge in [0.25, 0.3) is 11.3 Å². The molecule has 0 radical (unpaired) electrons. The number of aromatic nitrogens is 3. The second kappa shape index (κ2) is 7.48. The normalized spacial score (nSPS) is 11.0. The van der Waals surface area contributed by atoms with Crippen molar-refractivity contribution in [1.82, 2.24) is 20.0 Å². The van der Waals surface area contributed by atoms with Crippen LogP contribution in [0.2, 0.25) is 5.02 Å². The van der Waals surface area contributed by atoms with Crippen LogP contribution in [0.25, 0.3) is 22.4 Å². The third-order valence-electron chi connectivity index (χ3n) is 3.75. The fraction of sp³-hybridized carbons (Fsp3) is 0.294. The highest BCUT2D eigenvalue weighted by molar-refractivity contribution is 6.30. The minimum atomic E-state index is -0.373. The van der Waals surface area contributed by atoms with Crippen LogP contribution >= 0.6 is 11.6 Å². The van der Waals surface area contributed by atoms with Crippen LogP contribution in [0.15, 0.2) is 39.9 Å². The van der Waals surface area contributed by atoms with Gasteiger partial charge >= 0.3 is 0 Å². The first-order chi connectivity index (χ1) is 12.1. The molecule has 0 spiro atoms. The van der Waals surface area contributed by atoms with Gasteiger partial charge in [-0.25, -0.2) is 4.98 Å². The van der Waals surface area contributed by atoms with Crippen LogP contribution in [0.5, 0.6) is 0 Å². The third-order valence-corrected chi connectivity index (χ3v) is 4.00.